The highest BCUT2D eigenvalue weighted by molar-refractivity contribution is 5.91. The van der Waals surface area contributed by atoms with Crippen molar-refractivity contribution in [3.05, 3.63) is 54.1 Å². The van der Waals surface area contributed by atoms with E-state index < -0.39 is 6.04 Å². The molecule has 2 aliphatic heterocycles. The Morgan fingerprint density at radius 2 is 1.83 bits per heavy atom. The smallest absolute Gasteiger partial charge is 0.245 e. The summed E-state index contributed by atoms with van der Waals surface area (Å²) in [5, 5.41) is 2.86. The van der Waals surface area contributed by atoms with Gasteiger partial charge >= 0.3 is 0 Å². The molecule has 0 aromatic heterocycles. The van der Waals surface area contributed by atoms with Gasteiger partial charge in [-0.2, -0.15) is 0 Å². The molecule has 1 aliphatic carbocycles. The molecule has 0 spiro atoms. The first kappa shape index (κ1) is 23.5. The second kappa shape index (κ2) is 10.6. The molecule has 1 N–H and O–H groups in total. The van der Waals surface area contributed by atoms with Gasteiger partial charge in [-0.1, -0.05) is 30.3 Å². The minimum atomic E-state index is -0.403. The minimum Gasteiger partial charge on any atom is -0.493 e. The number of piperazine rings is 1. The van der Waals surface area contributed by atoms with E-state index in [2.05, 4.69) is 34.5 Å². The number of anilines is 1. The molecule has 0 radical (unpaired) electrons. The molecule has 2 heterocycles. The Bertz CT molecular complexity index is 1040. The molecule has 35 heavy (non-hydrogen) atoms. The molecule has 1 saturated carbocycles. The predicted molar refractivity (Wildman–Crippen MR) is 135 cm³/mol. The van der Waals surface area contributed by atoms with Gasteiger partial charge in [-0.3, -0.25) is 9.59 Å². The van der Waals surface area contributed by atoms with Crippen molar-refractivity contribution in [2.24, 2.45) is 0 Å². The molecular weight excluding hydrogens is 442 g/mol. The zero-order valence-electron chi connectivity index (χ0n) is 20.4. The fraction of sp³-hybridized carbons (Fsp3) is 0.500. The third kappa shape index (κ3) is 5.39. The summed E-state index contributed by atoms with van der Waals surface area (Å²) in [5.41, 5.74) is 2.28. The van der Waals surface area contributed by atoms with Crippen molar-refractivity contribution in [1.29, 1.82) is 0 Å². The maximum Gasteiger partial charge on any atom is 0.245 e. The van der Waals surface area contributed by atoms with Crippen molar-refractivity contribution < 1.29 is 19.1 Å². The quantitative estimate of drug-likeness (QED) is 0.660. The summed E-state index contributed by atoms with van der Waals surface area (Å²) in [5.74, 6) is 1.56. The summed E-state index contributed by atoms with van der Waals surface area (Å²) in [6.07, 6.45) is 6.63. The number of nitrogens with zero attached hydrogens (tertiary/aromatic N) is 2. The van der Waals surface area contributed by atoms with Crippen LogP contribution in [-0.2, 0) is 16.0 Å². The van der Waals surface area contributed by atoms with Gasteiger partial charge in [0.05, 0.1) is 19.3 Å². The maximum absolute atomic E-state index is 13.4. The van der Waals surface area contributed by atoms with Crippen molar-refractivity contribution >= 4 is 17.5 Å². The summed E-state index contributed by atoms with van der Waals surface area (Å²) >= 11 is 0. The Balaban J connectivity index is 1.36. The number of carbonyl (C=O) groups excluding carboxylic acids is 2. The normalized spacial score (nSPS) is 22.8. The zero-order valence-corrected chi connectivity index (χ0v) is 20.4. The van der Waals surface area contributed by atoms with Crippen molar-refractivity contribution in [1.82, 2.24) is 10.2 Å². The predicted octanol–water partition coefficient (Wildman–Crippen LogP) is 3.56. The van der Waals surface area contributed by atoms with Crippen LogP contribution >= 0.6 is 0 Å². The van der Waals surface area contributed by atoms with Crippen molar-refractivity contribution in [3.8, 4) is 11.5 Å². The molecule has 3 aliphatic rings. The number of benzene rings is 2. The summed E-state index contributed by atoms with van der Waals surface area (Å²) in [6, 6.07) is 16.1. The van der Waals surface area contributed by atoms with Gasteiger partial charge in [-0.15, -0.1) is 0 Å². The molecule has 2 atom stereocenters. The van der Waals surface area contributed by atoms with Crippen LogP contribution in [0.25, 0.3) is 0 Å². The molecule has 3 fully saturated rings. The lowest BCUT2D eigenvalue weighted by Crippen LogP contribution is -2.59. The van der Waals surface area contributed by atoms with Crippen LogP contribution in [0.3, 0.4) is 0 Å². The number of ether oxygens (including phenoxy) is 2. The van der Waals surface area contributed by atoms with E-state index in [4.69, 9.17) is 9.47 Å². The lowest BCUT2D eigenvalue weighted by Gasteiger charge is -2.43. The van der Waals surface area contributed by atoms with Crippen LogP contribution in [-0.4, -0.2) is 61.6 Å². The fourth-order valence-corrected chi connectivity index (χ4v) is 5.58. The van der Waals surface area contributed by atoms with E-state index in [9.17, 15) is 9.59 Å². The van der Waals surface area contributed by atoms with Crippen LogP contribution in [0, 0.1) is 0 Å². The number of hydrogen-bond donors (Lipinski definition) is 1. The van der Waals surface area contributed by atoms with E-state index in [1.54, 1.807) is 7.11 Å². The van der Waals surface area contributed by atoms with Crippen LogP contribution in [0.1, 0.15) is 44.1 Å². The van der Waals surface area contributed by atoms with E-state index in [1.807, 2.05) is 29.2 Å². The summed E-state index contributed by atoms with van der Waals surface area (Å²) in [4.78, 5) is 29.4. The van der Waals surface area contributed by atoms with E-state index >= 15 is 0 Å². The number of rotatable bonds is 7. The minimum absolute atomic E-state index is 0.0115. The molecule has 2 saturated heterocycles. The Labute approximate surface area is 207 Å². The number of amides is 2. The molecule has 186 valence electrons. The van der Waals surface area contributed by atoms with E-state index in [0.29, 0.717) is 19.4 Å². The fourth-order valence-electron chi connectivity index (χ4n) is 5.58. The summed E-state index contributed by atoms with van der Waals surface area (Å²) in [6.45, 7) is 2.07. The highest BCUT2D eigenvalue weighted by Gasteiger charge is 2.37. The van der Waals surface area contributed by atoms with Gasteiger partial charge in [0.25, 0.3) is 0 Å². The van der Waals surface area contributed by atoms with Crippen LogP contribution in [0.4, 0.5) is 5.69 Å². The van der Waals surface area contributed by atoms with Crippen molar-refractivity contribution in [3.63, 3.8) is 0 Å². The van der Waals surface area contributed by atoms with Crippen molar-refractivity contribution in [2.45, 2.75) is 63.1 Å². The lowest BCUT2D eigenvalue weighted by atomic mass is 10.00. The first-order chi connectivity index (χ1) is 17.1. The average Bonchev–Trinajstić information content (AvgIpc) is 3.56. The average molecular weight is 478 g/mol. The molecule has 1 unspecified atom stereocenters. The molecule has 2 aromatic carbocycles. The molecule has 5 rings (SSSR count). The number of hydrogen-bond acceptors (Lipinski definition) is 5. The third-order valence-electron chi connectivity index (χ3n) is 7.48. The van der Waals surface area contributed by atoms with Gasteiger partial charge in [-0.25, -0.2) is 0 Å². The van der Waals surface area contributed by atoms with Crippen LogP contribution in [0.2, 0.25) is 0 Å². The van der Waals surface area contributed by atoms with Gasteiger partial charge in [-0.05, 0) is 56.2 Å². The highest BCUT2D eigenvalue weighted by atomic mass is 16.5. The number of nitrogens with one attached hydrogen (secondary N) is 1. The second-order valence-corrected chi connectivity index (χ2v) is 9.84. The monoisotopic (exact) mass is 477 g/mol. The number of carbonyl (C=O) groups is 2. The summed E-state index contributed by atoms with van der Waals surface area (Å²) < 4.78 is 11.9. The third-order valence-corrected chi connectivity index (χ3v) is 7.48. The SMILES string of the molecule is COc1ccc(N2CCN(C(=O)C3CCC(=O)N3)[C@@H](Cc3ccccc3)C2)cc1OC1CCCC1. The maximum atomic E-state index is 13.4. The Morgan fingerprint density at radius 1 is 1.03 bits per heavy atom. The Morgan fingerprint density at radius 3 is 2.54 bits per heavy atom. The number of methoxy groups -OCH3 is 1. The molecular formula is C28H35N3O4. The first-order valence-electron chi connectivity index (χ1n) is 12.8. The second-order valence-electron chi connectivity index (χ2n) is 9.84. The van der Waals surface area contributed by atoms with Crippen LogP contribution in [0.15, 0.2) is 48.5 Å². The largest absolute Gasteiger partial charge is 0.493 e. The standard InChI is InChI=1S/C28H35N3O4/c1-34-25-13-11-21(18-26(25)35-23-9-5-6-10-23)30-15-16-31(28(33)24-12-14-27(32)29-24)22(19-30)17-20-7-3-2-4-8-20/h2-4,7-8,11,13,18,22-24H,5-6,9-10,12,14-17,19H2,1H3,(H,29,32)/t22-,24?/m0/s1. The van der Waals surface area contributed by atoms with Gasteiger partial charge < -0.3 is 24.6 Å². The molecule has 7 nitrogen and oxygen atoms in total. The molecule has 7 heteroatoms. The van der Waals surface area contributed by atoms with E-state index in [0.717, 1.165) is 49.5 Å². The van der Waals surface area contributed by atoms with Gasteiger partial charge in [0.15, 0.2) is 11.5 Å². The topological polar surface area (TPSA) is 71.1 Å². The Hall–Kier alpha value is -3.22. The lowest BCUT2D eigenvalue weighted by molar-refractivity contribution is -0.137. The molecule has 2 aromatic rings. The van der Waals surface area contributed by atoms with Crippen LogP contribution < -0.4 is 19.7 Å². The van der Waals surface area contributed by atoms with E-state index in [-0.39, 0.29) is 24.0 Å². The first-order valence-corrected chi connectivity index (χ1v) is 12.8. The van der Waals surface area contributed by atoms with Gasteiger partial charge in [0, 0.05) is 37.8 Å². The molecule has 2 amide bonds. The molecule has 0 bridgehead atoms. The van der Waals surface area contributed by atoms with E-state index in [1.165, 1.54) is 18.4 Å². The van der Waals surface area contributed by atoms with Crippen LogP contribution in [0.5, 0.6) is 11.5 Å². The zero-order chi connectivity index (χ0) is 24.2. The Kier molecular flexibility index (Phi) is 7.11. The van der Waals surface area contributed by atoms with Crippen molar-refractivity contribution in [2.75, 3.05) is 31.6 Å². The van der Waals surface area contributed by atoms with Gasteiger partial charge in [0.2, 0.25) is 11.8 Å². The summed E-state index contributed by atoms with van der Waals surface area (Å²) in [7, 11) is 1.68. The highest BCUT2D eigenvalue weighted by Crippen LogP contribution is 2.36. The van der Waals surface area contributed by atoms with Gasteiger partial charge in [0.1, 0.15) is 6.04 Å².